The van der Waals surface area contributed by atoms with Crippen LogP contribution in [0.3, 0.4) is 0 Å². The lowest BCUT2D eigenvalue weighted by Crippen LogP contribution is -2.14. The molecule has 1 aliphatic rings. The van der Waals surface area contributed by atoms with Gasteiger partial charge in [0.25, 0.3) is 5.91 Å². The molecule has 2 rings (SSSR count). The molecule has 4 nitrogen and oxygen atoms in total. The number of hydrogen-bond donors (Lipinski definition) is 1. The summed E-state index contributed by atoms with van der Waals surface area (Å²) >= 11 is 0. The van der Waals surface area contributed by atoms with E-state index in [1.54, 1.807) is 0 Å². The van der Waals surface area contributed by atoms with Crippen LogP contribution in [0.25, 0.3) is 0 Å². The second kappa shape index (κ2) is 4.43. The predicted octanol–water partition coefficient (Wildman–Crippen LogP) is 1.79. The fraction of sp³-hybridized carbons (Fsp3) is 0.417. The molecule has 16 heavy (non-hydrogen) atoms. The first-order valence-corrected chi connectivity index (χ1v) is 5.45. The SMILES string of the molecule is C=C1CCC(c2ncc(C(N)=O)cn2)CC1. The largest absolute Gasteiger partial charge is 0.366 e. The van der Waals surface area contributed by atoms with Gasteiger partial charge >= 0.3 is 0 Å². The minimum Gasteiger partial charge on any atom is -0.366 e. The number of carbonyl (C=O) groups is 1. The number of amides is 1. The van der Waals surface area contributed by atoms with Crippen molar-refractivity contribution in [3.63, 3.8) is 0 Å². The minimum atomic E-state index is -0.483. The molecule has 0 spiro atoms. The Balaban J connectivity index is 2.10. The molecule has 0 unspecified atom stereocenters. The average molecular weight is 217 g/mol. The maximum Gasteiger partial charge on any atom is 0.251 e. The molecule has 4 heteroatoms. The lowest BCUT2D eigenvalue weighted by Gasteiger charge is -2.21. The predicted molar refractivity (Wildman–Crippen MR) is 60.9 cm³/mol. The molecule has 84 valence electrons. The first-order chi connectivity index (χ1) is 7.66. The van der Waals surface area contributed by atoms with E-state index in [-0.39, 0.29) is 0 Å². The zero-order valence-corrected chi connectivity index (χ0v) is 9.15. The van der Waals surface area contributed by atoms with E-state index in [0.717, 1.165) is 31.5 Å². The highest BCUT2D eigenvalue weighted by Crippen LogP contribution is 2.32. The van der Waals surface area contributed by atoms with E-state index >= 15 is 0 Å². The molecular formula is C12H15N3O. The molecule has 1 aromatic heterocycles. The van der Waals surface area contributed by atoms with Gasteiger partial charge in [-0.15, -0.1) is 0 Å². The Morgan fingerprint density at radius 3 is 2.38 bits per heavy atom. The van der Waals surface area contributed by atoms with Gasteiger partial charge in [0, 0.05) is 18.3 Å². The fourth-order valence-electron chi connectivity index (χ4n) is 1.96. The number of hydrogen-bond acceptors (Lipinski definition) is 3. The maximum atomic E-state index is 10.9. The highest BCUT2D eigenvalue weighted by atomic mass is 16.1. The van der Waals surface area contributed by atoms with Gasteiger partial charge in [-0.05, 0) is 25.7 Å². The first-order valence-electron chi connectivity index (χ1n) is 5.45. The van der Waals surface area contributed by atoms with Gasteiger partial charge in [0.05, 0.1) is 5.56 Å². The van der Waals surface area contributed by atoms with Crippen molar-refractivity contribution >= 4 is 5.91 Å². The molecule has 1 aromatic rings. The third-order valence-electron chi connectivity index (χ3n) is 3.01. The van der Waals surface area contributed by atoms with Crippen LogP contribution < -0.4 is 5.73 Å². The van der Waals surface area contributed by atoms with Crippen molar-refractivity contribution in [2.24, 2.45) is 5.73 Å². The molecule has 1 fully saturated rings. The van der Waals surface area contributed by atoms with Gasteiger partial charge in [-0.3, -0.25) is 4.79 Å². The van der Waals surface area contributed by atoms with E-state index in [1.165, 1.54) is 18.0 Å². The quantitative estimate of drug-likeness (QED) is 0.768. The van der Waals surface area contributed by atoms with Crippen LogP contribution in [0, 0.1) is 0 Å². The third kappa shape index (κ3) is 2.27. The van der Waals surface area contributed by atoms with Crippen LogP contribution in [0.15, 0.2) is 24.5 Å². The molecule has 1 amide bonds. The van der Waals surface area contributed by atoms with Gasteiger partial charge in [0.1, 0.15) is 5.82 Å². The first kappa shape index (κ1) is 10.8. The molecule has 1 saturated carbocycles. The van der Waals surface area contributed by atoms with Crippen molar-refractivity contribution in [2.45, 2.75) is 31.6 Å². The Kier molecular flexibility index (Phi) is 2.99. The smallest absolute Gasteiger partial charge is 0.251 e. The summed E-state index contributed by atoms with van der Waals surface area (Å²) in [7, 11) is 0. The number of carbonyl (C=O) groups excluding carboxylic acids is 1. The van der Waals surface area contributed by atoms with Gasteiger partial charge < -0.3 is 5.73 Å². The number of primary amides is 1. The van der Waals surface area contributed by atoms with E-state index < -0.39 is 5.91 Å². The Bertz CT molecular complexity index is 401. The van der Waals surface area contributed by atoms with Crippen LogP contribution in [0.4, 0.5) is 0 Å². The van der Waals surface area contributed by atoms with Crippen LogP contribution in [0.2, 0.25) is 0 Å². The summed E-state index contributed by atoms with van der Waals surface area (Å²) < 4.78 is 0. The van der Waals surface area contributed by atoms with E-state index in [9.17, 15) is 4.79 Å². The van der Waals surface area contributed by atoms with Gasteiger partial charge in [-0.2, -0.15) is 0 Å². The molecule has 0 saturated heterocycles. The lowest BCUT2D eigenvalue weighted by atomic mass is 9.86. The molecule has 1 heterocycles. The van der Waals surface area contributed by atoms with Crippen molar-refractivity contribution in [2.75, 3.05) is 0 Å². The summed E-state index contributed by atoms with van der Waals surface area (Å²) in [6.45, 7) is 3.98. The number of aromatic nitrogens is 2. The monoisotopic (exact) mass is 217 g/mol. The Labute approximate surface area is 94.6 Å². The molecule has 1 aliphatic carbocycles. The van der Waals surface area contributed by atoms with Crippen LogP contribution >= 0.6 is 0 Å². The minimum absolute atomic E-state index is 0.365. The fourth-order valence-corrected chi connectivity index (χ4v) is 1.96. The highest BCUT2D eigenvalue weighted by molar-refractivity contribution is 5.92. The van der Waals surface area contributed by atoms with Gasteiger partial charge in [0.15, 0.2) is 0 Å². The van der Waals surface area contributed by atoms with Crippen LogP contribution in [-0.2, 0) is 0 Å². The van der Waals surface area contributed by atoms with E-state index in [0.29, 0.717) is 11.5 Å². The highest BCUT2D eigenvalue weighted by Gasteiger charge is 2.19. The summed E-state index contributed by atoms with van der Waals surface area (Å²) in [5, 5.41) is 0. The van der Waals surface area contributed by atoms with Crippen molar-refractivity contribution in [3.8, 4) is 0 Å². The van der Waals surface area contributed by atoms with Gasteiger partial charge in [0.2, 0.25) is 0 Å². The Morgan fingerprint density at radius 2 is 1.88 bits per heavy atom. The zero-order chi connectivity index (χ0) is 11.5. The summed E-state index contributed by atoms with van der Waals surface area (Å²) in [5.41, 5.74) is 6.80. The molecular weight excluding hydrogens is 202 g/mol. The summed E-state index contributed by atoms with van der Waals surface area (Å²) in [6.07, 6.45) is 7.21. The Hall–Kier alpha value is -1.71. The van der Waals surface area contributed by atoms with Crippen LogP contribution in [0.5, 0.6) is 0 Å². The summed E-state index contributed by atoms with van der Waals surface area (Å²) in [5.74, 6) is 0.730. The molecule has 0 aliphatic heterocycles. The standard InChI is InChI=1S/C12H15N3O/c1-8-2-4-9(5-3-8)12-14-6-10(7-15-12)11(13)16/h6-7,9H,1-5H2,(H2,13,16). The maximum absolute atomic E-state index is 10.9. The summed E-state index contributed by atoms with van der Waals surface area (Å²) in [4.78, 5) is 19.3. The second-order valence-electron chi connectivity index (χ2n) is 4.22. The van der Waals surface area contributed by atoms with Crippen molar-refractivity contribution in [3.05, 3.63) is 35.9 Å². The van der Waals surface area contributed by atoms with Crippen LogP contribution in [-0.4, -0.2) is 15.9 Å². The Morgan fingerprint density at radius 1 is 1.31 bits per heavy atom. The number of nitrogens with two attached hydrogens (primary N) is 1. The molecule has 0 aromatic carbocycles. The number of nitrogens with zero attached hydrogens (tertiary/aromatic N) is 2. The van der Waals surface area contributed by atoms with Crippen LogP contribution in [0.1, 0.15) is 47.8 Å². The number of allylic oxidation sites excluding steroid dienone is 1. The van der Waals surface area contributed by atoms with Crippen molar-refractivity contribution in [1.82, 2.24) is 9.97 Å². The second-order valence-corrected chi connectivity index (χ2v) is 4.22. The van der Waals surface area contributed by atoms with Crippen molar-refractivity contribution in [1.29, 1.82) is 0 Å². The van der Waals surface area contributed by atoms with E-state index in [2.05, 4.69) is 16.5 Å². The van der Waals surface area contributed by atoms with Gasteiger partial charge in [-0.1, -0.05) is 12.2 Å². The third-order valence-corrected chi connectivity index (χ3v) is 3.01. The van der Waals surface area contributed by atoms with Gasteiger partial charge in [-0.25, -0.2) is 9.97 Å². The van der Waals surface area contributed by atoms with E-state index in [1.807, 2.05) is 0 Å². The molecule has 0 atom stereocenters. The lowest BCUT2D eigenvalue weighted by molar-refractivity contribution is 0.0999. The molecule has 0 radical (unpaired) electrons. The summed E-state index contributed by atoms with van der Waals surface area (Å²) in [6, 6.07) is 0. The van der Waals surface area contributed by atoms with E-state index in [4.69, 9.17) is 5.73 Å². The average Bonchev–Trinajstić information content (AvgIpc) is 2.30. The topological polar surface area (TPSA) is 68.9 Å². The normalized spacial score (nSPS) is 17.4. The zero-order valence-electron chi connectivity index (χ0n) is 9.15. The molecule has 2 N–H and O–H groups in total. The molecule has 0 bridgehead atoms. The van der Waals surface area contributed by atoms with Crippen molar-refractivity contribution < 1.29 is 4.79 Å². The number of rotatable bonds is 2.